The zero-order chi connectivity index (χ0) is 15.2. The van der Waals surface area contributed by atoms with E-state index < -0.39 is 25.3 Å². The standard InChI is InChI=1S/C13H17F3N2O2/c1-9(17-2)10-5-3-4-6-11(10)18-12(19)7-20-8-13(14,15)16/h3-6,9,17H,7-8H2,1-2H3,(H,18,19). The van der Waals surface area contributed by atoms with Crippen LogP contribution in [0.3, 0.4) is 0 Å². The molecule has 0 spiro atoms. The van der Waals surface area contributed by atoms with Crippen LogP contribution in [0.1, 0.15) is 18.5 Å². The maximum Gasteiger partial charge on any atom is 0.411 e. The van der Waals surface area contributed by atoms with Gasteiger partial charge in [0.25, 0.3) is 0 Å². The number of para-hydroxylation sites is 1. The van der Waals surface area contributed by atoms with Crippen LogP contribution in [0.25, 0.3) is 0 Å². The van der Waals surface area contributed by atoms with E-state index in [1.807, 2.05) is 19.1 Å². The molecule has 0 aromatic heterocycles. The fourth-order valence-electron chi connectivity index (χ4n) is 1.59. The van der Waals surface area contributed by atoms with Crippen LogP contribution in [0.5, 0.6) is 0 Å². The van der Waals surface area contributed by atoms with Gasteiger partial charge in [-0.15, -0.1) is 0 Å². The monoisotopic (exact) mass is 290 g/mol. The predicted molar refractivity (Wildman–Crippen MR) is 69.4 cm³/mol. The molecule has 0 aliphatic carbocycles. The summed E-state index contributed by atoms with van der Waals surface area (Å²) in [4.78, 5) is 11.5. The molecule has 1 atom stereocenters. The van der Waals surface area contributed by atoms with Gasteiger partial charge in [-0.25, -0.2) is 0 Å². The largest absolute Gasteiger partial charge is 0.411 e. The number of hydrogen-bond acceptors (Lipinski definition) is 3. The molecular formula is C13H17F3N2O2. The van der Waals surface area contributed by atoms with Crippen LogP contribution in [0.2, 0.25) is 0 Å². The van der Waals surface area contributed by atoms with Crippen molar-refractivity contribution in [2.75, 3.05) is 25.6 Å². The highest BCUT2D eigenvalue weighted by Crippen LogP contribution is 2.22. The summed E-state index contributed by atoms with van der Waals surface area (Å²) in [5.41, 5.74) is 1.40. The third kappa shape index (κ3) is 5.58. The summed E-state index contributed by atoms with van der Waals surface area (Å²) in [6.07, 6.45) is -4.43. The number of rotatable bonds is 6. The quantitative estimate of drug-likeness (QED) is 0.846. The van der Waals surface area contributed by atoms with E-state index in [9.17, 15) is 18.0 Å². The Morgan fingerprint density at radius 2 is 2.00 bits per heavy atom. The molecule has 20 heavy (non-hydrogen) atoms. The molecular weight excluding hydrogens is 273 g/mol. The van der Waals surface area contributed by atoms with Gasteiger partial charge in [-0.1, -0.05) is 18.2 Å². The number of hydrogen-bond donors (Lipinski definition) is 2. The SMILES string of the molecule is CNC(C)c1ccccc1NC(=O)COCC(F)(F)F. The fraction of sp³-hybridized carbons (Fsp3) is 0.462. The van der Waals surface area contributed by atoms with Gasteiger partial charge in [0, 0.05) is 11.7 Å². The van der Waals surface area contributed by atoms with E-state index in [-0.39, 0.29) is 6.04 Å². The van der Waals surface area contributed by atoms with Gasteiger partial charge in [-0.2, -0.15) is 13.2 Å². The Morgan fingerprint density at radius 1 is 1.35 bits per heavy atom. The van der Waals surface area contributed by atoms with Crippen molar-refractivity contribution in [1.82, 2.24) is 5.32 Å². The first-order valence-electron chi connectivity index (χ1n) is 6.04. The van der Waals surface area contributed by atoms with E-state index in [0.29, 0.717) is 5.69 Å². The molecule has 0 aliphatic heterocycles. The van der Waals surface area contributed by atoms with Crippen LogP contribution in [0, 0.1) is 0 Å². The van der Waals surface area contributed by atoms with Crippen LogP contribution in [0.4, 0.5) is 18.9 Å². The van der Waals surface area contributed by atoms with Crippen LogP contribution < -0.4 is 10.6 Å². The number of ether oxygens (including phenoxy) is 1. The Balaban J connectivity index is 2.58. The van der Waals surface area contributed by atoms with E-state index in [4.69, 9.17) is 0 Å². The van der Waals surface area contributed by atoms with Gasteiger partial charge < -0.3 is 15.4 Å². The Kier molecular flexibility index (Phi) is 5.97. The fourth-order valence-corrected chi connectivity index (χ4v) is 1.59. The molecule has 7 heteroatoms. The molecule has 1 unspecified atom stereocenters. The highest BCUT2D eigenvalue weighted by atomic mass is 19.4. The molecule has 0 heterocycles. The Morgan fingerprint density at radius 3 is 2.60 bits per heavy atom. The summed E-state index contributed by atoms with van der Waals surface area (Å²) in [7, 11) is 1.77. The van der Waals surface area contributed by atoms with Gasteiger partial charge in [0.2, 0.25) is 5.91 Å². The van der Waals surface area contributed by atoms with E-state index in [1.54, 1.807) is 19.2 Å². The molecule has 1 aromatic carbocycles. The zero-order valence-electron chi connectivity index (χ0n) is 11.3. The van der Waals surface area contributed by atoms with Gasteiger partial charge in [0.05, 0.1) is 0 Å². The molecule has 4 nitrogen and oxygen atoms in total. The molecule has 0 bridgehead atoms. The first-order valence-corrected chi connectivity index (χ1v) is 6.04. The normalized spacial score (nSPS) is 13.1. The van der Waals surface area contributed by atoms with Gasteiger partial charge in [-0.3, -0.25) is 4.79 Å². The molecule has 0 saturated heterocycles. The Hall–Kier alpha value is -1.60. The lowest BCUT2D eigenvalue weighted by atomic mass is 10.1. The highest BCUT2D eigenvalue weighted by molar-refractivity contribution is 5.92. The first-order chi connectivity index (χ1) is 9.33. The number of halogens is 3. The van der Waals surface area contributed by atoms with Crippen molar-refractivity contribution < 1.29 is 22.7 Å². The lowest BCUT2D eigenvalue weighted by Crippen LogP contribution is -2.25. The summed E-state index contributed by atoms with van der Waals surface area (Å²) < 4.78 is 40.0. The van der Waals surface area contributed by atoms with Crippen molar-refractivity contribution in [2.24, 2.45) is 0 Å². The predicted octanol–water partition coefficient (Wildman–Crippen LogP) is 2.48. The van der Waals surface area contributed by atoms with Gasteiger partial charge >= 0.3 is 6.18 Å². The second-order valence-electron chi connectivity index (χ2n) is 4.25. The van der Waals surface area contributed by atoms with Crippen molar-refractivity contribution in [1.29, 1.82) is 0 Å². The molecule has 0 aliphatic rings. The number of carbonyl (C=O) groups is 1. The topological polar surface area (TPSA) is 50.4 Å². The van der Waals surface area contributed by atoms with E-state index >= 15 is 0 Å². The van der Waals surface area contributed by atoms with Crippen molar-refractivity contribution in [3.8, 4) is 0 Å². The maximum absolute atomic E-state index is 11.9. The molecule has 0 radical (unpaired) electrons. The number of anilines is 1. The number of carbonyl (C=O) groups excluding carboxylic acids is 1. The van der Waals surface area contributed by atoms with Crippen molar-refractivity contribution in [2.45, 2.75) is 19.1 Å². The number of benzene rings is 1. The van der Waals surface area contributed by atoms with Crippen molar-refractivity contribution in [3.63, 3.8) is 0 Å². The minimum absolute atomic E-state index is 0.00240. The summed E-state index contributed by atoms with van der Waals surface area (Å²) >= 11 is 0. The zero-order valence-corrected chi connectivity index (χ0v) is 11.3. The minimum atomic E-state index is -4.43. The molecule has 1 rings (SSSR count). The van der Waals surface area contributed by atoms with E-state index in [2.05, 4.69) is 15.4 Å². The molecule has 0 saturated carbocycles. The third-order valence-corrected chi connectivity index (χ3v) is 2.63. The lowest BCUT2D eigenvalue weighted by Gasteiger charge is -2.16. The van der Waals surface area contributed by atoms with Crippen LogP contribution in [-0.4, -0.2) is 32.3 Å². The smallest absolute Gasteiger partial charge is 0.362 e. The van der Waals surface area contributed by atoms with E-state index in [0.717, 1.165) is 5.56 Å². The summed E-state index contributed by atoms with van der Waals surface area (Å²) in [6, 6.07) is 7.07. The maximum atomic E-state index is 11.9. The Bertz CT molecular complexity index is 449. The summed E-state index contributed by atoms with van der Waals surface area (Å²) in [5.74, 6) is -0.620. The molecule has 112 valence electrons. The highest BCUT2D eigenvalue weighted by Gasteiger charge is 2.27. The van der Waals surface area contributed by atoms with Gasteiger partial charge in [0.1, 0.15) is 13.2 Å². The van der Waals surface area contributed by atoms with Crippen molar-refractivity contribution >= 4 is 11.6 Å². The molecule has 1 aromatic rings. The molecule has 1 amide bonds. The average molecular weight is 290 g/mol. The second kappa shape index (κ2) is 7.25. The summed E-state index contributed by atoms with van der Waals surface area (Å²) in [5, 5.41) is 5.57. The van der Waals surface area contributed by atoms with Crippen LogP contribution in [-0.2, 0) is 9.53 Å². The molecule has 0 fully saturated rings. The van der Waals surface area contributed by atoms with Crippen LogP contribution >= 0.6 is 0 Å². The first kappa shape index (κ1) is 16.5. The third-order valence-electron chi connectivity index (χ3n) is 2.63. The summed E-state index contributed by atoms with van der Waals surface area (Å²) in [6.45, 7) is -0.165. The van der Waals surface area contributed by atoms with Crippen molar-refractivity contribution in [3.05, 3.63) is 29.8 Å². The number of nitrogens with one attached hydrogen (secondary N) is 2. The minimum Gasteiger partial charge on any atom is -0.362 e. The molecule has 2 N–H and O–H groups in total. The van der Waals surface area contributed by atoms with Gasteiger partial charge in [-0.05, 0) is 25.6 Å². The second-order valence-corrected chi connectivity index (χ2v) is 4.25. The van der Waals surface area contributed by atoms with Crippen LogP contribution in [0.15, 0.2) is 24.3 Å². The average Bonchev–Trinajstić information content (AvgIpc) is 2.37. The number of amides is 1. The lowest BCUT2D eigenvalue weighted by molar-refractivity contribution is -0.174. The van der Waals surface area contributed by atoms with E-state index in [1.165, 1.54) is 0 Å². The van der Waals surface area contributed by atoms with Gasteiger partial charge in [0.15, 0.2) is 0 Å². The Labute approximate surface area is 115 Å². The number of alkyl halides is 3.